The van der Waals surface area contributed by atoms with Gasteiger partial charge in [-0.05, 0) is 48.9 Å². The van der Waals surface area contributed by atoms with Gasteiger partial charge in [0.1, 0.15) is 0 Å². The lowest BCUT2D eigenvalue weighted by Crippen LogP contribution is -2.25. The number of fused-ring (bicyclic) bond motifs is 1. The highest BCUT2D eigenvalue weighted by molar-refractivity contribution is 6.30. The quantitative estimate of drug-likeness (QED) is 0.826. The number of benzene rings is 1. The third kappa shape index (κ3) is 3.31. The average molecular weight is 280 g/mol. The molecule has 19 heavy (non-hydrogen) atoms. The summed E-state index contributed by atoms with van der Waals surface area (Å²) >= 11 is 6.03. The maximum absolute atomic E-state index is 6.03. The maximum Gasteiger partial charge on any atom is 0.0594 e. The Labute approximate surface area is 120 Å². The predicted octanol–water partition coefficient (Wildman–Crippen LogP) is 3.88. The number of hydrogen-bond acceptors (Lipinski definition) is 2. The minimum Gasteiger partial charge on any atom is -0.377 e. The first-order chi connectivity index (χ1) is 9.33. The van der Waals surface area contributed by atoms with Crippen LogP contribution in [-0.2, 0) is 11.2 Å². The molecule has 2 aliphatic carbocycles. The second-order valence-corrected chi connectivity index (χ2v) is 6.10. The first-order valence-corrected chi connectivity index (χ1v) is 7.84. The summed E-state index contributed by atoms with van der Waals surface area (Å²) < 4.78 is 5.89. The number of nitrogens with one attached hydrogen (secondary N) is 1. The fourth-order valence-corrected chi connectivity index (χ4v) is 3.51. The van der Waals surface area contributed by atoms with Crippen molar-refractivity contribution in [1.82, 2.24) is 5.32 Å². The van der Waals surface area contributed by atoms with Gasteiger partial charge < -0.3 is 10.1 Å². The molecule has 1 atom stereocenters. The van der Waals surface area contributed by atoms with Crippen LogP contribution in [0.2, 0.25) is 5.02 Å². The van der Waals surface area contributed by atoms with E-state index in [9.17, 15) is 0 Å². The van der Waals surface area contributed by atoms with E-state index in [1.807, 2.05) is 6.07 Å². The third-order valence-corrected chi connectivity index (χ3v) is 4.57. The van der Waals surface area contributed by atoms with Crippen molar-refractivity contribution in [2.24, 2.45) is 0 Å². The van der Waals surface area contributed by atoms with Crippen LogP contribution in [0.25, 0.3) is 0 Å². The Morgan fingerprint density at radius 2 is 2.05 bits per heavy atom. The summed E-state index contributed by atoms with van der Waals surface area (Å²) in [6, 6.07) is 6.75. The van der Waals surface area contributed by atoms with Crippen molar-refractivity contribution in [2.75, 3.05) is 13.2 Å². The number of aryl methyl sites for hydroxylation is 1. The monoisotopic (exact) mass is 279 g/mol. The zero-order valence-electron chi connectivity index (χ0n) is 11.3. The Morgan fingerprint density at radius 3 is 2.89 bits per heavy atom. The van der Waals surface area contributed by atoms with Crippen molar-refractivity contribution < 1.29 is 4.74 Å². The van der Waals surface area contributed by atoms with Crippen LogP contribution in [0.4, 0.5) is 0 Å². The fraction of sp³-hybridized carbons (Fsp3) is 0.625. The SMILES string of the molecule is Clc1ccc2c(c1)CCC2NCCOC1CCCC1. The molecular formula is C16H22ClNO. The molecule has 1 aromatic rings. The van der Waals surface area contributed by atoms with Crippen molar-refractivity contribution in [3.63, 3.8) is 0 Å². The molecule has 2 nitrogen and oxygen atoms in total. The maximum atomic E-state index is 6.03. The summed E-state index contributed by atoms with van der Waals surface area (Å²) in [7, 11) is 0. The van der Waals surface area contributed by atoms with E-state index >= 15 is 0 Å². The van der Waals surface area contributed by atoms with Crippen LogP contribution < -0.4 is 5.32 Å². The lowest BCUT2D eigenvalue weighted by molar-refractivity contribution is 0.0591. The Kier molecular flexibility index (Phi) is 4.42. The van der Waals surface area contributed by atoms with Crippen molar-refractivity contribution >= 4 is 11.6 Å². The minimum atomic E-state index is 0.486. The van der Waals surface area contributed by atoms with Crippen molar-refractivity contribution in [3.05, 3.63) is 34.3 Å². The van der Waals surface area contributed by atoms with Gasteiger partial charge >= 0.3 is 0 Å². The zero-order valence-corrected chi connectivity index (χ0v) is 12.1. The summed E-state index contributed by atoms with van der Waals surface area (Å²) in [6.45, 7) is 1.79. The number of halogens is 1. The minimum absolute atomic E-state index is 0.486. The topological polar surface area (TPSA) is 21.3 Å². The summed E-state index contributed by atoms with van der Waals surface area (Å²) in [5, 5.41) is 4.46. The lowest BCUT2D eigenvalue weighted by atomic mass is 10.1. The molecule has 3 rings (SSSR count). The highest BCUT2D eigenvalue weighted by Gasteiger charge is 2.22. The molecule has 104 valence electrons. The van der Waals surface area contributed by atoms with Gasteiger partial charge in [-0.1, -0.05) is 30.5 Å². The zero-order chi connectivity index (χ0) is 13.1. The molecule has 1 saturated carbocycles. The summed E-state index contributed by atoms with van der Waals surface area (Å²) in [4.78, 5) is 0. The molecule has 0 bridgehead atoms. The lowest BCUT2D eigenvalue weighted by Gasteiger charge is -2.16. The summed E-state index contributed by atoms with van der Waals surface area (Å²) in [5.74, 6) is 0. The standard InChI is InChI=1S/C16H22ClNO/c17-13-6-7-15-12(11-13)5-8-16(15)18-9-10-19-14-3-1-2-4-14/h6-7,11,14,16,18H,1-5,8-10H2. The molecule has 0 amide bonds. The molecule has 1 fully saturated rings. The Hall–Kier alpha value is -0.570. The molecule has 3 heteroatoms. The molecule has 0 heterocycles. The van der Waals surface area contributed by atoms with E-state index in [1.165, 1.54) is 43.2 Å². The van der Waals surface area contributed by atoms with Crippen LogP contribution in [0.1, 0.15) is 49.3 Å². The van der Waals surface area contributed by atoms with E-state index in [4.69, 9.17) is 16.3 Å². The van der Waals surface area contributed by atoms with Gasteiger partial charge in [-0.15, -0.1) is 0 Å². The van der Waals surface area contributed by atoms with Crippen LogP contribution in [0.5, 0.6) is 0 Å². The predicted molar refractivity (Wildman–Crippen MR) is 78.7 cm³/mol. The van der Waals surface area contributed by atoms with Crippen LogP contribution >= 0.6 is 11.6 Å². The van der Waals surface area contributed by atoms with Crippen LogP contribution in [0, 0.1) is 0 Å². The van der Waals surface area contributed by atoms with E-state index in [0.717, 1.165) is 24.6 Å². The second kappa shape index (κ2) is 6.25. The Morgan fingerprint density at radius 1 is 1.21 bits per heavy atom. The van der Waals surface area contributed by atoms with E-state index in [0.29, 0.717) is 12.1 Å². The molecule has 1 N–H and O–H groups in total. The number of ether oxygens (including phenoxy) is 1. The van der Waals surface area contributed by atoms with Crippen molar-refractivity contribution in [3.8, 4) is 0 Å². The van der Waals surface area contributed by atoms with Gasteiger partial charge in [-0.25, -0.2) is 0 Å². The highest BCUT2D eigenvalue weighted by Crippen LogP contribution is 2.32. The van der Waals surface area contributed by atoms with Gasteiger partial charge in [-0.2, -0.15) is 0 Å². The van der Waals surface area contributed by atoms with E-state index < -0.39 is 0 Å². The molecule has 0 spiro atoms. The van der Waals surface area contributed by atoms with Gasteiger partial charge in [0.05, 0.1) is 12.7 Å². The number of hydrogen-bond donors (Lipinski definition) is 1. The Balaban J connectivity index is 1.44. The Bertz CT molecular complexity index is 429. The molecule has 1 unspecified atom stereocenters. The van der Waals surface area contributed by atoms with Crippen LogP contribution in [-0.4, -0.2) is 19.3 Å². The largest absolute Gasteiger partial charge is 0.377 e. The molecule has 0 saturated heterocycles. The van der Waals surface area contributed by atoms with E-state index in [2.05, 4.69) is 17.4 Å². The molecule has 0 radical (unpaired) electrons. The molecular weight excluding hydrogens is 258 g/mol. The molecule has 0 aromatic heterocycles. The van der Waals surface area contributed by atoms with E-state index in [-0.39, 0.29) is 0 Å². The van der Waals surface area contributed by atoms with Gasteiger partial charge in [0.25, 0.3) is 0 Å². The van der Waals surface area contributed by atoms with Gasteiger partial charge in [0, 0.05) is 17.6 Å². The van der Waals surface area contributed by atoms with E-state index in [1.54, 1.807) is 0 Å². The molecule has 0 aliphatic heterocycles. The second-order valence-electron chi connectivity index (χ2n) is 5.67. The molecule has 1 aromatic carbocycles. The van der Waals surface area contributed by atoms with Crippen molar-refractivity contribution in [1.29, 1.82) is 0 Å². The molecule has 2 aliphatic rings. The van der Waals surface area contributed by atoms with Gasteiger partial charge in [-0.3, -0.25) is 0 Å². The first-order valence-electron chi connectivity index (χ1n) is 7.46. The van der Waals surface area contributed by atoms with Crippen molar-refractivity contribution in [2.45, 2.75) is 50.7 Å². The van der Waals surface area contributed by atoms with Gasteiger partial charge in [0.15, 0.2) is 0 Å². The van der Waals surface area contributed by atoms with Gasteiger partial charge in [0.2, 0.25) is 0 Å². The van der Waals surface area contributed by atoms with Crippen LogP contribution in [0.3, 0.4) is 0 Å². The fourth-order valence-electron chi connectivity index (χ4n) is 3.31. The highest BCUT2D eigenvalue weighted by atomic mass is 35.5. The first kappa shape index (κ1) is 13.4. The summed E-state index contributed by atoms with van der Waals surface area (Å²) in [5.41, 5.74) is 2.83. The smallest absolute Gasteiger partial charge is 0.0594 e. The number of rotatable bonds is 5. The normalized spacial score (nSPS) is 22.9. The third-order valence-electron chi connectivity index (χ3n) is 4.33. The summed E-state index contributed by atoms with van der Waals surface area (Å²) in [6.07, 6.45) is 8.03. The van der Waals surface area contributed by atoms with Crippen LogP contribution in [0.15, 0.2) is 18.2 Å². The average Bonchev–Trinajstić information content (AvgIpc) is 3.03.